The summed E-state index contributed by atoms with van der Waals surface area (Å²) in [6, 6.07) is 5.63. The summed E-state index contributed by atoms with van der Waals surface area (Å²) in [5.74, 6) is 0. The Morgan fingerprint density at radius 2 is 2.17 bits per heavy atom. The molecule has 0 unspecified atom stereocenters. The van der Waals surface area contributed by atoms with E-state index in [2.05, 4.69) is 0 Å². The first-order valence-electron chi connectivity index (χ1n) is 3.84. The number of rotatable bonds is 2. The first-order valence-corrected chi connectivity index (χ1v) is 4.24. The Morgan fingerprint density at radius 1 is 1.50 bits per heavy atom. The molecule has 1 aromatic carbocycles. The van der Waals surface area contributed by atoms with Crippen LogP contribution in [0.5, 0.6) is 0 Å². The van der Waals surface area contributed by atoms with Crippen LogP contribution in [0.3, 0.4) is 0 Å². The highest BCUT2D eigenvalue weighted by Gasteiger charge is 2.05. The maximum atomic E-state index is 5.75. The molecule has 0 bridgehead atoms. The predicted molar refractivity (Wildman–Crippen MR) is 56.1 cm³/mol. The van der Waals surface area contributed by atoms with Crippen molar-refractivity contribution in [1.82, 2.24) is 0 Å². The molecule has 0 aliphatic rings. The molecular formula is C9H12N2S. The Kier molecular flexibility index (Phi) is 2.65. The van der Waals surface area contributed by atoms with Gasteiger partial charge in [-0.2, -0.15) is 0 Å². The molecule has 1 aromatic rings. The van der Waals surface area contributed by atoms with Gasteiger partial charge in [-0.3, -0.25) is 0 Å². The smallest absolute Gasteiger partial charge is 0.104 e. The number of hydrogen-bond donors (Lipinski definition) is 2. The minimum Gasteiger partial charge on any atom is -0.398 e. The normalized spacial score (nSPS) is 9.75. The Labute approximate surface area is 77.6 Å². The second-order valence-electron chi connectivity index (χ2n) is 2.59. The lowest BCUT2D eigenvalue weighted by Gasteiger charge is -2.08. The van der Waals surface area contributed by atoms with Crippen molar-refractivity contribution < 1.29 is 0 Å². The zero-order chi connectivity index (χ0) is 9.14. The lowest BCUT2D eigenvalue weighted by Crippen LogP contribution is -2.13. The van der Waals surface area contributed by atoms with Crippen LogP contribution >= 0.6 is 12.2 Å². The van der Waals surface area contributed by atoms with Crippen molar-refractivity contribution in [2.24, 2.45) is 5.73 Å². The number of hydrogen-bond acceptors (Lipinski definition) is 2. The van der Waals surface area contributed by atoms with Crippen LogP contribution in [-0.4, -0.2) is 4.99 Å². The van der Waals surface area contributed by atoms with E-state index < -0.39 is 0 Å². The van der Waals surface area contributed by atoms with Gasteiger partial charge in [-0.1, -0.05) is 31.3 Å². The molecular weight excluding hydrogens is 168 g/mol. The largest absolute Gasteiger partial charge is 0.398 e. The fraction of sp³-hybridized carbons (Fsp3) is 0.222. The van der Waals surface area contributed by atoms with Gasteiger partial charge in [0, 0.05) is 11.3 Å². The van der Waals surface area contributed by atoms with E-state index in [0.717, 1.165) is 23.2 Å². The molecule has 0 aromatic heterocycles. The molecule has 0 fully saturated rings. The van der Waals surface area contributed by atoms with E-state index in [-0.39, 0.29) is 0 Å². The van der Waals surface area contributed by atoms with Crippen molar-refractivity contribution in [2.75, 3.05) is 5.73 Å². The van der Waals surface area contributed by atoms with E-state index in [1.54, 1.807) is 0 Å². The number of anilines is 1. The van der Waals surface area contributed by atoms with Crippen LogP contribution in [0.2, 0.25) is 0 Å². The van der Waals surface area contributed by atoms with Crippen LogP contribution in [0.4, 0.5) is 5.69 Å². The van der Waals surface area contributed by atoms with Crippen molar-refractivity contribution in [3.05, 3.63) is 29.3 Å². The third-order valence-corrected chi connectivity index (χ3v) is 2.05. The van der Waals surface area contributed by atoms with Gasteiger partial charge in [0.25, 0.3) is 0 Å². The predicted octanol–water partition coefficient (Wildman–Crippen LogP) is 1.47. The van der Waals surface area contributed by atoms with E-state index in [9.17, 15) is 0 Å². The molecule has 0 radical (unpaired) electrons. The maximum Gasteiger partial charge on any atom is 0.104 e. The van der Waals surface area contributed by atoms with E-state index in [1.165, 1.54) is 0 Å². The molecule has 0 heterocycles. The standard InChI is InChI=1S/C9H12N2S/c1-2-6-7(9(11)12)4-3-5-8(6)10/h3-5H,2,10H2,1H3,(H2,11,12). The van der Waals surface area contributed by atoms with Gasteiger partial charge >= 0.3 is 0 Å². The summed E-state index contributed by atoms with van der Waals surface area (Å²) in [5, 5.41) is 0. The molecule has 2 nitrogen and oxygen atoms in total. The van der Waals surface area contributed by atoms with Gasteiger partial charge in [0.05, 0.1) is 0 Å². The molecule has 0 amide bonds. The van der Waals surface area contributed by atoms with Crippen molar-refractivity contribution in [2.45, 2.75) is 13.3 Å². The van der Waals surface area contributed by atoms with Gasteiger partial charge in [0.15, 0.2) is 0 Å². The van der Waals surface area contributed by atoms with Gasteiger partial charge in [0.2, 0.25) is 0 Å². The second-order valence-corrected chi connectivity index (χ2v) is 3.03. The highest BCUT2D eigenvalue weighted by molar-refractivity contribution is 7.80. The summed E-state index contributed by atoms with van der Waals surface area (Å²) in [7, 11) is 0. The number of nitrogen functional groups attached to an aromatic ring is 1. The zero-order valence-electron chi connectivity index (χ0n) is 7.00. The van der Waals surface area contributed by atoms with Crippen LogP contribution in [-0.2, 0) is 6.42 Å². The monoisotopic (exact) mass is 180 g/mol. The summed E-state index contributed by atoms with van der Waals surface area (Å²) in [5.41, 5.74) is 14.0. The summed E-state index contributed by atoms with van der Waals surface area (Å²) in [6.07, 6.45) is 0.860. The fourth-order valence-corrected chi connectivity index (χ4v) is 1.42. The minimum absolute atomic E-state index is 0.416. The molecule has 0 aliphatic heterocycles. The first-order chi connectivity index (χ1) is 5.66. The van der Waals surface area contributed by atoms with Crippen LogP contribution in [0.25, 0.3) is 0 Å². The van der Waals surface area contributed by atoms with E-state index >= 15 is 0 Å². The van der Waals surface area contributed by atoms with Gasteiger partial charge in [-0.15, -0.1) is 0 Å². The average molecular weight is 180 g/mol. The molecule has 0 atom stereocenters. The fourth-order valence-electron chi connectivity index (χ4n) is 1.23. The van der Waals surface area contributed by atoms with Gasteiger partial charge in [-0.05, 0) is 18.1 Å². The summed E-state index contributed by atoms with van der Waals surface area (Å²) in [4.78, 5) is 0.416. The lowest BCUT2D eigenvalue weighted by molar-refractivity contribution is 1.14. The van der Waals surface area contributed by atoms with Gasteiger partial charge < -0.3 is 11.5 Å². The molecule has 64 valence electrons. The van der Waals surface area contributed by atoms with Crippen LogP contribution in [0.1, 0.15) is 18.1 Å². The average Bonchev–Trinajstić information content (AvgIpc) is 2.03. The number of benzene rings is 1. The maximum absolute atomic E-state index is 5.75. The van der Waals surface area contributed by atoms with E-state index in [1.807, 2.05) is 25.1 Å². The topological polar surface area (TPSA) is 52.0 Å². The Balaban J connectivity index is 3.27. The molecule has 4 N–H and O–H groups in total. The third-order valence-electron chi connectivity index (χ3n) is 1.83. The van der Waals surface area contributed by atoms with Crippen molar-refractivity contribution in [3.8, 4) is 0 Å². The quantitative estimate of drug-likeness (QED) is 0.535. The molecule has 0 aliphatic carbocycles. The first kappa shape index (κ1) is 9.00. The van der Waals surface area contributed by atoms with Crippen molar-refractivity contribution in [1.29, 1.82) is 0 Å². The summed E-state index contributed by atoms with van der Waals surface area (Å²) in [6.45, 7) is 2.04. The Bertz CT molecular complexity index is 307. The minimum atomic E-state index is 0.416. The molecule has 0 saturated carbocycles. The van der Waals surface area contributed by atoms with Crippen LogP contribution in [0.15, 0.2) is 18.2 Å². The molecule has 12 heavy (non-hydrogen) atoms. The zero-order valence-corrected chi connectivity index (χ0v) is 7.82. The Morgan fingerprint density at radius 3 is 2.58 bits per heavy atom. The van der Waals surface area contributed by atoms with Gasteiger partial charge in [0.1, 0.15) is 4.99 Å². The van der Waals surface area contributed by atoms with Crippen LogP contribution < -0.4 is 11.5 Å². The van der Waals surface area contributed by atoms with E-state index in [4.69, 9.17) is 23.7 Å². The third kappa shape index (κ3) is 1.56. The SMILES string of the molecule is CCc1c(N)cccc1C(N)=S. The van der Waals surface area contributed by atoms with Gasteiger partial charge in [-0.25, -0.2) is 0 Å². The highest BCUT2D eigenvalue weighted by atomic mass is 32.1. The summed E-state index contributed by atoms with van der Waals surface area (Å²) >= 11 is 4.90. The second kappa shape index (κ2) is 3.54. The Hall–Kier alpha value is -1.09. The van der Waals surface area contributed by atoms with Crippen LogP contribution in [0, 0.1) is 0 Å². The summed E-state index contributed by atoms with van der Waals surface area (Å²) < 4.78 is 0. The van der Waals surface area contributed by atoms with E-state index in [0.29, 0.717) is 4.99 Å². The van der Waals surface area contributed by atoms with Crippen molar-refractivity contribution in [3.63, 3.8) is 0 Å². The molecule has 3 heteroatoms. The van der Waals surface area contributed by atoms with Crippen molar-refractivity contribution >= 4 is 22.9 Å². The molecule has 1 rings (SSSR count). The number of nitrogens with two attached hydrogens (primary N) is 2. The highest BCUT2D eigenvalue weighted by Crippen LogP contribution is 2.17. The lowest BCUT2D eigenvalue weighted by atomic mass is 10.0. The molecule has 0 saturated heterocycles. The molecule has 0 spiro atoms. The number of thiocarbonyl (C=S) groups is 1.